The largest absolute Gasteiger partial charge is 0.471 e. The van der Waals surface area contributed by atoms with E-state index in [1.165, 1.54) is 7.05 Å². The van der Waals surface area contributed by atoms with Crippen molar-refractivity contribution in [2.45, 2.75) is 12.6 Å². The molecular weight excluding hydrogens is 284 g/mol. The van der Waals surface area contributed by atoms with Crippen LogP contribution in [0.25, 0.3) is 0 Å². The number of carbonyl (C=O) groups is 1. The van der Waals surface area contributed by atoms with Crippen LogP contribution in [-0.2, 0) is 9.36 Å². The summed E-state index contributed by atoms with van der Waals surface area (Å²) < 4.78 is 47.7. The molecule has 0 saturated carbocycles. The predicted octanol–water partition coefficient (Wildman–Crippen LogP) is 1.67. The van der Waals surface area contributed by atoms with Crippen LogP contribution in [0.3, 0.4) is 0 Å². The van der Waals surface area contributed by atoms with Gasteiger partial charge in [0.2, 0.25) is 0 Å². The predicted molar refractivity (Wildman–Crippen MR) is 56.6 cm³/mol. The number of amides is 1. The van der Waals surface area contributed by atoms with Gasteiger partial charge < -0.3 is 9.79 Å². The van der Waals surface area contributed by atoms with E-state index in [2.05, 4.69) is 0 Å². The summed E-state index contributed by atoms with van der Waals surface area (Å²) in [6, 6.07) is 0. The van der Waals surface area contributed by atoms with Crippen LogP contribution in [0.1, 0.15) is 6.42 Å². The molecule has 0 radical (unpaired) electrons. The smallest absolute Gasteiger partial charge is 0.338 e. The average Bonchev–Trinajstić information content (AvgIpc) is 2.13. The van der Waals surface area contributed by atoms with Gasteiger partial charge in [0.15, 0.2) is 0 Å². The molecule has 10 heteroatoms. The zero-order chi connectivity index (χ0) is 13.9. The highest BCUT2D eigenvalue weighted by Gasteiger charge is 2.40. The lowest BCUT2D eigenvalue weighted by molar-refractivity contribution is -0.184. The molecule has 0 saturated heterocycles. The quantitative estimate of drug-likeness (QED) is 0.784. The van der Waals surface area contributed by atoms with E-state index in [4.69, 9.17) is 16.1 Å². The van der Waals surface area contributed by atoms with Crippen molar-refractivity contribution in [1.82, 2.24) is 9.57 Å². The Morgan fingerprint density at radius 1 is 1.35 bits per heavy atom. The number of halogens is 4. The minimum atomic E-state index is -4.90. The molecule has 0 aromatic carbocycles. The molecule has 102 valence electrons. The van der Waals surface area contributed by atoms with E-state index in [1.807, 2.05) is 0 Å². The maximum Gasteiger partial charge on any atom is 0.471 e. The monoisotopic (exact) mass is 296 g/mol. The number of nitrogens with zero attached hydrogens (tertiary/aromatic N) is 2. The molecular formula is C7H13ClF3N2O3P. The minimum Gasteiger partial charge on any atom is -0.338 e. The number of hydrogen-bond acceptors (Lipinski definition) is 2. The van der Waals surface area contributed by atoms with Crippen LogP contribution in [0.5, 0.6) is 0 Å². The van der Waals surface area contributed by atoms with Gasteiger partial charge in [0.05, 0.1) is 0 Å². The van der Waals surface area contributed by atoms with Gasteiger partial charge in [-0.2, -0.15) is 13.2 Å². The molecule has 0 aliphatic heterocycles. The van der Waals surface area contributed by atoms with Crippen molar-refractivity contribution in [1.29, 1.82) is 0 Å². The molecule has 1 unspecified atom stereocenters. The van der Waals surface area contributed by atoms with E-state index < -0.39 is 19.0 Å². The van der Waals surface area contributed by atoms with Gasteiger partial charge in [0, 0.05) is 20.1 Å². The second-order valence-electron chi connectivity index (χ2n) is 3.43. The minimum absolute atomic E-state index is 0.00670. The first-order valence-electron chi connectivity index (χ1n) is 4.52. The molecule has 17 heavy (non-hydrogen) atoms. The Hall–Kier alpha value is -0.300. The summed E-state index contributed by atoms with van der Waals surface area (Å²) in [6.07, 6.45) is -4.80. The molecule has 0 fully saturated rings. The second-order valence-corrected chi connectivity index (χ2v) is 6.38. The second kappa shape index (κ2) is 6.04. The van der Waals surface area contributed by atoms with Gasteiger partial charge in [-0.3, -0.25) is 9.36 Å². The van der Waals surface area contributed by atoms with Gasteiger partial charge >= 0.3 is 19.0 Å². The summed E-state index contributed by atoms with van der Waals surface area (Å²) in [5.74, 6) is -1.95. The Balaban J connectivity index is 4.07. The number of rotatable bonds is 5. The highest BCUT2D eigenvalue weighted by Crippen LogP contribution is 2.48. The number of carbonyl (C=O) groups excluding carboxylic acids is 1. The van der Waals surface area contributed by atoms with Crippen LogP contribution in [0, 0.1) is 0 Å². The Bertz CT molecular complexity index is 320. The van der Waals surface area contributed by atoms with Gasteiger partial charge in [0.1, 0.15) is 0 Å². The average molecular weight is 297 g/mol. The summed E-state index contributed by atoms with van der Waals surface area (Å²) in [7, 11) is 2.27. The van der Waals surface area contributed by atoms with E-state index in [1.54, 1.807) is 0 Å². The van der Waals surface area contributed by atoms with Crippen LogP contribution in [-0.4, -0.2) is 53.7 Å². The van der Waals surface area contributed by atoms with Crippen molar-refractivity contribution < 1.29 is 27.4 Å². The molecule has 1 atom stereocenters. The van der Waals surface area contributed by atoms with Crippen LogP contribution < -0.4 is 0 Å². The molecule has 0 rings (SSSR count). The van der Waals surface area contributed by atoms with Crippen molar-refractivity contribution in [3.8, 4) is 0 Å². The van der Waals surface area contributed by atoms with Gasteiger partial charge in [-0.15, -0.1) is 0 Å². The zero-order valence-corrected chi connectivity index (χ0v) is 10.9. The third-order valence-electron chi connectivity index (χ3n) is 1.99. The van der Waals surface area contributed by atoms with Gasteiger partial charge in [-0.25, -0.2) is 4.67 Å². The summed E-state index contributed by atoms with van der Waals surface area (Å²) in [4.78, 5) is 20.1. The third-order valence-corrected chi connectivity index (χ3v) is 3.80. The van der Waals surface area contributed by atoms with Crippen molar-refractivity contribution in [3.63, 3.8) is 0 Å². The molecule has 5 nitrogen and oxygen atoms in total. The molecule has 0 aromatic rings. The SMILES string of the molecule is CN(CCCN(C)P(=O)(O)Cl)C(=O)C(F)(F)F. The Kier molecular flexibility index (Phi) is 5.93. The van der Waals surface area contributed by atoms with Gasteiger partial charge in [0.25, 0.3) is 0 Å². The molecule has 0 aromatic heterocycles. The molecule has 0 heterocycles. The molecule has 0 bridgehead atoms. The molecule has 0 aliphatic rings. The third kappa shape index (κ3) is 6.26. The van der Waals surface area contributed by atoms with E-state index in [0.717, 1.165) is 11.7 Å². The number of hydrogen-bond donors (Lipinski definition) is 1. The topological polar surface area (TPSA) is 60.9 Å². The maximum atomic E-state index is 12.0. The molecule has 1 amide bonds. The van der Waals surface area contributed by atoms with Gasteiger partial charge in [-0.05, 0) is 24.7 Å². The lowest BCUT2D eigenvalue weighted by Crippen LogP contribution is -2.39. The molecule has 1 N–H and O–H groups in total. The van der Waals surface area contributed by atoms with E-state index in [0.29, 0.717) is 4.90 Å². The maximum absolute atomic E-state index is 12.0. The van der Waals surface area contributed by atoms with E-state index in [-0.39, 0.29) is 19.5 Å². The summed E-state index contributed by atoms with van der Waals surface area (Å²) >= 11 is 5.11. The summed E-state index contributed by atoms with van der Waals surface area (Å²) in [5, 5.41) is 0. The molecule has 0 spiro atoms. The van der Waals surface area contributed by atoms with Crippen LogP contribution in [0.2, 0.25) is 0 Å². The fourth-order valence-corrected chi connectivity index (χ4v) is 1.59. The molecule has 0 aliphatic carbocycles. The van der Waals surface area contributed by atoms with Crippen LogP contribution in [0.15, 0.2) is 0 Å². The van der Waals surface area contributed by atoms with Crippen LogP contribution in [0.4, 0.5) is 13.2 Å². The standard InChI is InChI=1S/C7H13ClF3N2O3P/c1-12(6(14)7(9,10)11)4-3-5-13(2)17(8,15)16/h3-5H2,1-2H3,(H,15,16). The van der Waals surface area contributed by atoms with Crippen molar-refractivity contribution in [3.05, 3.63) is 0 Å². The first-order chi connectivity index (χ1) is 7.46. The first kappa shape index (κ1) is 16.7. The Labute approximate surface area is 101 Å². The van der Waals surface area contributed by atoms with E-state index in [9.17, 15) is 22.5 Å². The zero-order valence-electron chi connectivity index (χ0n) is 9.24. The summed E-state index contributed by atoms with van der Waals surface area (Å²) in [6.45, 7) is -4.07. The highest BCUT2D eigenvalue weighted by molar-refractivity contribution is 7.82. The highest BCUT2D eigenvalue weighted by atomic mass is 35.7. The number of alkyl halides is 3. The Morgan fingerprint density at radius 2 is 1.82 bits per heavy atom. The Morgan fingerprint density at radius 3 is 2.18 bits per heavy atom. The lowest BCUT2D eigenvalue weighted by atomic mass is 10.4. The van der Waals surface area contributed by atoms with Gasteiger partial charge in [-0.1, -0.05) is 0 Å². The lowest BCUT2D eigenvalue weighted by Gasteiger charge is -2.21. The first-order valence-corrected chi connectivity index (χ1v) is 7.04. The van der Waals surface area contributed by atoms with Crippen LogP contribution >= 0.6 is 18.1 Å². The fraction of sp³-hybridized carbons (Fsp3) is 0.857. The van der Waals surface area contributed by atoms with Crippen molar-refractivity contribution in [2.75, 3.05) is 27.2 Å². The fourth-order valence-electron chi connectivity index (χ4n) is 0.978. The van der Waals surface area contributed by atoms with Crippen molar-refractivity contribution in [2.24, 2.45) is 0 Å². The van der Waals surface area contributed by atoms with Crippen molar-refractivity contribution >= 4 is 24.0 Å². The summed E-state index contributed by atoms with van der Waals surface area (Å²) in [5.41, 5.74) is 0. The van der Waals surface area contributed by atoms with E-state index >= 15 is 0 Å². The normalized spacial score (nSPS) is 15.8.